The predicted molar refractivity (Wildman–Crippen MR) is 95.8 cm³/mol. The van der Waals surface area contributed by atoms with E-state index in [0.29, 0.717) is 36.2 Å². The van der Waals surface area contributed by atoms with E-state index >= 15 is 0 Å². The lowest BCUT2D eigenvalue weighted by molar-refractivity contribution is 0.180. The third-order valence-electron chi connectivity index (χ3n) is 5.31. The van der Waals surface area contributed by atoms with Gasteiger partial charge in [-0.25, -0.2) is 17.1 Å². The number of sulfonamides is 1. The van der Waals surface area contributed by atoms with Crippen LogP contribution in [0.25, 0.3) is 0 Å². The molecule has 1 aromatic rings. The number of benzene rings is 1. The molecule has 1 aromatic carbocycles. The number of hydrogen-bond donors (Lipinski definition) is 2. The molecule has 25 heavy (non-hydrogen) atoms. The maximum Gasteiger partial charge on any atom is 0.211 e. The van der Waals surface area contributed by atoms with E-state index in [1.54, 1.807) is 16.4 Å². The Bertz CT molecular complexity index is 726. The molecule has 2 N–H and O–H groups in total. The minimum atomic E-state index is -3.09. The maximum absolute atomic E-state index is 14.6. The van der Waals surface area contributed by atoms with E-state index in [1.807, 2.05) is 11.0 Å². The van der Waals surface area contributed by atoms with Gasteiger partial charge in [0.15, 0.2) is 12.2 Å². The fraction of sp³-hybridized carbons (Fsp3) is 0.588. The number of piperidine rings is 1. The Labute approximate surface area is 148 Å². The van der Waals surface area contributed by atoms with Crippen LogP contribution in [0.5, 0.6) is 0 Å². The van der Waals surface area contributed by atoms with E-state index in [1.165, 1.54) is 6.26 Å². The average Bonchev–Trinajstić information content (AvgIpc) is 2.53. The SMILES string of the molecule is CS(=O)(=O)N1CCC(C2CN(c3cccc(CN[C]=N)c3F)C2)CC1. The van der Waals surface area contributed by atoms with E-state index in [-0.39, 0.29) is 12.4 Å². The Morgan fingerprint density at radius 2 is 1.96 bits per heavy atom. The summed E-state index contributed by atoms with van der Waals surface area (Å²) in [5, 5.41) is 9.45. The van der Waals surface area contributed by atoms with Gasteiger partial charge >= 0.3 is 0 Å². The van der Waals surface area contributed by atoms with Gasteiger partial charge in [0, 0.05) is 38.3 Å². The molecule has 2 heterocycles. The van der Waals surface area contributed by atoms with Gasteiger partial charge in [0.1, 0.15) is 0 Å². The molecule has 6 nitrogen and oxygen atoms in total. The van der Waals surface area contributed by atoms with Crippen molar-refractivity contribution in [1.29, 1.82) is 5.41 Å². The van der Waals surface area contributed by atoms with Crippen LogP contribution in [0, 0.1) is 23.1 Å². The van der Waals surface area contributed by atoms with Crippen molar-refractivity contribution < 1.29 is 12.8 Å². The Morgan fingerprint density at radius 1 is 1.28 bits per heavy atom. The van der Waals surface area contributed by atoms with Crippen molar-refractivity contribution in [1.82, 2.24) is 9.62 Å². The maximum atomic E-state index is 14.6. The highest BCUT2D eigenvalue weighted by Crippen LogP contribution is 2.36. The third-order valence-corrected chi connectivity index (χ3v) is 6.61. The molecule has 1 radical (unpaired) electrons. The van der Waals surface area contributed by atoms with E-state index in [2.05, 4.69) is 11.7 Å². The number of nitrogens with zero attached hydrogens (tertiary/aromatic N) is 2. The second-order valence-corrected chi connectivity index (χ2v) is 8.88. The van der Waals surface area contributed by atoms with Crippen molar-refractivity contribution >= 4 is 22.0 Å². The predicted octanol–water partition coefficient (Wildman–Crippen LogP) is 1.51. The van der Waals surface area contributed by atoms with E-state index in [9.17, 15) is 12.8 Å². The fourth-order valence-electron chi connectivity index (χ4n) is 3.77. The van der Waals surface area contributed by atoms with Gasteiger partial charge in [-0.3, -0.25) is 5.41 Å². The van der Waals surface area contributed by atoms with Crippen LogP contribution in [0.4, 0.5) is 10.1 Å². The van der Waals surface area contributed by atoms with E-state index in [0.717, 1.165) is 25.9 Å². The van der Waals surface area contributed by atoms with Crippen molar-refractivity contribution in [2.24, 2.45) is 11.8 Å². The molecule has 0 aliphatic carbocycles. The van der Waals surface area contributed by atoms with E-state index < -0.39 is 10.0 Å². The molecule has 0 spiro atoms. The average molecular weight is 367 g/mol. The largest absolute Gasteiger partial charge is 0.368 e. The van der Waals surface area contributed by atoms with Gasteiger partial charge in [-0.2, -0.15) is 0 Å². The zero-order valence-electron chi connectivity index (χ0n) is 14.3. The number of rotatable bonds is 6. The summed E-state index contributed by atoms with van der Waals surface area (Å²) in [6.07, 6.45) is 5.08. The summed E-state index contributed by atoms with van der Waals surface area (Å²) in [7, 11) is -3.09. The summed E-state index contributed by atoms with van der Waals surface area (Å²) in [4.78, 5) is 2.04. The summed E-state index contributed by atoms with van der Waals surface area (Å²) in [5.74, 6) is 0.767. The van der Waals surface area contributed by atoms with Crippen LogP contribution in [0.3, 0.4) is 0 Å². The summed E-state index contributed by atoms with van der Waals surface area (Å²) < 4.78 is 39.3. The van der Waals surface area contributed by atoms with Crippen molar-refractivity contribution in [2.75, 3.05) is 37.3 Å². The van der Waals surface area contributed by atoms with Crippen LogP contribution in [0.15, 0.2) is 18.2 Å². The first-order chi connectivity index (χ1) is 11.9. The minimum absolute atomic E-state index is 0.240. The van der Waals surface area contributed by atoms with Gasteiger partial charge in [-0.05, 0) is 30.7 Å². The molecule has 3 rings (SSSR count). The molecule has 8 heteroatoms. The van der Waals surface area contributed by atoms with Crippen LogP contribution in [-0.4, -0.2) is 51.5 Å². The summed E-state index contributed by atoms with van der Waals surface area (Å²) in [5.41, 5.74) is 1.14. The molecule has 0 saturated carbocycles. The standard InChI is InChI=1S/C17H24FN4O2S/c1-25(23,24)22-7-5-13(6-8-22)15-10-21(11-15)16-4-2-3-14(17(16)18)9-20-12-19/h2-4,13,15H,5-11H2,1H3,(H2,19,20). The normalized spacial score (nSPS) is 20.3. The molecular weight excluding hydrogens is 343 g/mol. The fourth-order valence-corrected chi connectivity index (χ4v) is 4.65. The molecule has 137 valence electrons. The monoisotopic (exact) mass is 367 g/mol. The van der Waals surface area contributed by atoms with Crippen LogP contribution in [-0.2, 0) is 16.6 Å². The quantitative estimate of drug-likeness (QED) is 0.454. The molecule has 0 bridgehead atoms. The topological polar surface area (TPSA) is 76.5 Å². The lowest BCUT2D eigenvalue weighted by atomic mass is 9.80. The zero-order chi connectivity index (χ0) is 18.0. The minimum Gasteiger partial charge on any atom is -0.368 e. The summed E-state index contributed by atoms with van der Waals surface area (Å²) in [6.45, 7) is 3.07. The van der Waals surface area contributed by atoms with Crippen LogP contribution in [0.2, 0.25) is 0 Å². The number of halogens is 1. The van der Waals surface area contributed by atoms with Gasteiger partial charge in [0.25, 0.3) is 0 Å². The molecule has 2 fully saturated rings. The summed E-state index contributed by atoms with van der Waals surface area (Å²) in [6, 6.07) is 5.33. The zero-order valence-corrected chi connectivity index (χ0v) is 15.2. The Hall–Kier alpha value is -1.67. The smallest absolute Gasteiger partial charge is 0.211 e. The first kappa shape index (κ1) is 18.1. The molecule has 2 saturated heterocycles. The lowest BCUT2D eigenvalue weighted by Gasteiger charge is -2.47. The van der Waals surface area contributed by atoms with E-state index in [4.69, 9.17) is 5.41 Å². The molecule has 0 aromatic heterocycles. The van der Waals surface area contributed by atoms with Gasteiger partial charge in [0.05, 0.1) is 11.9 Å². The summed E-state index contributed by atoms with van der Waals surface area (Å²) >= 11 is 0. The molecule has 2 aliphatic rings. The van der Waals surface area contributed by atoms with Crippen LogP contribution >= 0.6 is 0 Å². The van der Waals surface area contributed by atoms with Crippen molar-refractivity contribution in [3.05, 3.63) is 29.6 Å². The Morgan fingerprint density at radius 3 is 2.56 bits per heavy atom. The highest BCUT2D eigenvalue weighted by atomic mass is 32.2. The van der Waals surface area contributed by atoms with Gasteiger partial charge < -0.3 is 10.2 Å². The second-order valence-electron chi connectivity index (χ2n) is 6.89. The van der Waals surface area contributed by atoms with Crippen LogP contribution < -0.4 is 10.2 Å². The first-order valence-corrected chi connectivity index (χ1v) is 10.4. The number of hydrogen-bond acceptors (Lipinski definition) is 4. The van der Waals surface area contributed by atoms with Crippen LogP contribution in [0.1, 0.15) is 18.4 Å². The molecule has 0 unspecified atom stereocenters. The number of nitrogens with one attached hydrogen (secondary N) is 2. The molecule has 0 atom stereocenters. The van der Waals surface area contributed by atoms with Crippen molar-refractivity contribution in [3.8, 4) is 0 Å². The Kier molecular flexibility index (Phi) is 5.29. The number of anilines is 1. The third kappa shape index (κ3) is 3.95. The van der Waals surface area contributed by atoms with Crippen molar-refractivity contribution in [2.45, 2.75) is 19.4 Å². The highest BCUT2D eigenvalue weighted by Gasteiger charge is 2.37. The highest BCUT2D eigenvalue weighted by molar-refractivity contribution is 7.88. The first-order valence-electron chi connectivity index (χ1n) is 8.52. The molecule has 0 amide bonds. The molecule has 2 aliphatic heterocycles. The van der Waals surface area contributed by atoms with Gasteiger partial charge in [-0.1, -0.05) is 12.1 Å². The second kappa shape index (κ2) is 7.29. The van der Waals surface area contributed by atoms with Gasteiger partial charge in [-0.15, -0.1) is 0 Å². The van der Waals surface area contributed by atoms with Crippen molar-refractivity contribution in [3.63, 3.8) is 0 Å². The Balaban J connectivity index is 1.56. The molecular formula is C17H24FN4O2S. The van der Waals surface area contributed by atoms with Gasteiger partial charge in [0.2, 0.25) is 10.0 Å². The lowest BCUT2D eigenvalue weighted by Crippen LogP contribution is -2.52.